The summed E-state index contributed by atoms with van der Waals surface area (Å²) in [4.78, 5) is 89.3. The fourth-order valence-electron chi connectivity index (χ4n) is 9.94. The molecule has 1 unspecified atom stereocenters. The lowest BCUT2D eigenvalue weighted by molar-refractivity contribution is -0.144. The van der Waals surface area contributed by atoms with Crippen LogP contribution in [-0.4, -0.2) is 123 Å². The SMILES string of the molecule is CN[C@@H](C)C(=O)NC(C(=O)N1Cc2ccc(NC(=O)CNC(=O)[C@@]3(C)CN(C(=O)CN4CCN[C@H](C)C4)c4cc(Cc5ccc(F)cc5)ccc43)cc2[C@H]1C(=O)Nc1c(F)cccc1F)C1CCOCC1. The van der Waals surface area contributed by atoms with Gasteiger partial charge < -0.3 is 46.4 Å². The number of anilines is 3. The van der Waals surface area contributed by atoms with Crippen LogP contribution < -0.4 is 36.8 Å². The van der Waals surface area contributed by atoms with E-state index in [0.29, 0.717) is 62.4 Å². The van der Waals surface area contributed by atoms with E-state index in [1.165, 1.54) is 23.1 Å². The number of likely N-dealkylation sites (N-methyl/N-ethyl adjacent to an activating group) is 1. The van der Waals surface area contributed by atoms with Crippen molar-refractivity contribution in [2.75, 3.05) is 75.1 Å². The first-order valence-corrected chi connectivity index (χ1v) is 24.0. The molecule has 4 aromatic rings. The number of rotatable bonds is 15. The zero-order valence-electron chi connectivity index (χ0n) is 40.2. The molecule has 5 atom stereocenters. The average Bonchev–Trinajstić information content (AvgIpc) is 3.89. The highest BCUT2D eigenvalue weighted by molar-refractivity contribution is 6.05. The predicted octanol–water partition coefficient (Wildman–Crippen LogP) is 3.89. The summed E-state index contributed by atoms with van der Waals surface area (Å²) in [5.74, 6) is -6.02. The van der Waals surface area contributed by atoms with Gasteiger partial charge in [-0.2, -0.15) is 0 Å². The second-order valence-corrected chi connectivity index (χ2v) is 19.1. The second kappa shape index (κ2) is 21.8. The summed E-state index contributed by atoms with van der Waals surface area (Å²) in [6, 6.07) is 16.6. The van der Waals surface area contributed by atoms with Crippen LogP contribution in [0.3, 0.4) is 0 Å². The third-order valence-corrected chi connectivity index (χ3v) is 14.0. The van der Waals surface area contributed by atoms with Crippen LogP contribution in [0.4, 0.5) is 30.2 Å². The van der Waals surface area contributed by atoms with Gasteiger partial charge in [0, 0.05) is 63.4 Å². The molecule has 376 valence electrons. The Kier molecular flexibility index (Phi) is 15.5. The Labute approximate surface area is 410 Å². The normalized spacial score (nSPS) is 20.9. The van der Waals surface area contributed by atoms with Crippen LogP contribution in [-0.2, 0) is 51.9 Å². The van der Waals surface area contributed by atoms with Crippen LogP contribution in [0.5, 0.6) is 0 Å². The van der Waals surface area contributed by atoms with Crippen molar-refractivity contribution >= 4 is 52.5 Å². The molecular formula is C52H60F3N9O7. The van der Waals surface area contributed by atoms with Gasteiger partial charge in [-0.15, -0.1) is 0 Å². The summed E-state index contributed by atoms with van der Waals surface area (Å²) in [7, 11) is 1.61. The van der Waals surface area contributed by atoms with E-state index < -0.39 is 76.9 Å². The minimum absolute atomic E-state index is 0.0180. The molecule has 0 spiro atoms. The summed E-state index contributed by atoms with van der Waals surface area (Å²) in [5.41, 5.74) is 1.93. The van der Waals surface area contributed by atoms with Gasteiger partial charge in [0.05, 0.1) is 24.5 Å². The number of nitrogens with one attached hydrogen (secondary N) is 6. The Morgan fingerprint density at radius 1 is 0.901 bits per heavy atom. The first-order valence-electron chi connectivity index (χ1n) is 24.0. The quantitative estimate of drug-likeness (QED) is 0.102. The third kappa shape index (κ3) is 11.3. The smallest absolute Gasteiger partial charge is 0.252 e. The van der Waals surface area contributed by atoms with Crippen molar-refractivity contribution < 1.29 is 46.7 Å². The molecule has 0 saturated carbocycles. The van der Waals surface area contributed by atoms with E-state index in [2.05, 4.69) is 43.7 Å². The Balaban J connectivity index is 1.01. The summed E-state index contributed by atoms with van der Waals surface area (Å²) in [6.07, 6.45) is 1.37. The lowest BCUT2D eigenvalue weighted by Crippen LogP contribution is -2.56. The number of hydrogen-bond acceptors (Lipinski definition) is 10. The van der Waals surface area contributed by atoms with Crippen LogP contribution >= 0.6 is 0 Å². The lowest BCUT2D eigenvalue weighted by Gasteiger charge is -2.35. The summed E-state index contributed by atoms with van der Waals surface area (Å²) in [6.45, 7) is 7.81. The molecule has 6 N–H and O–H groups in total. The Bertz CT molecular complexity index is 2660. The number of amides is 6. The Hall–Kier alpha value is -6.67. The Morgan fingerprint density at radius 2 is 1.62 bits per heavy atom. The molecule has 19 heteroatoms. The monoisotopic (exact) mass is 979 g/mol. The number of fused-ring (bicyclic) bond motifs is 2. The van der Waals surface area contributed by atoms with E-state index in [1.807, 2.05) is 18.2 Å². The van der Waals surface area contributed by atoms with Crippen LogP contribution in [0.15, 0.2) is 78.9 Å². The number of benzene rings is 4. The number of halogens is 3. The van der Waals surface area contributed by atoms with Gasteiger partial charge in [-0.3, -0.25) is 33.7 Å². The zero-order valence-corrected chi connectivity index (χ0v) is 40.2. The van der Waals surface area contributed by atoms with Crippen LogP contribution in [0, 0.1) is 23.4 Å². The van der Waals surface area contributed by atoms with E-state index >= 15 is 0 Å². The Morgan fingerprint density at radius 3 is 2.32 bits per heavy atom. The maximum Gasteiger partial charge on any atom is 0.252 e. The molecule has 6 amide bonds. The number of carbonyl (C=O) groups is 6. The first-order chi connectivity index (χ1) is 34.0. The maximum atomic E-state index is 14.9. The predicted molar refractivity (Wildman–Crippen MR) is 260 cm³/mol. The average molecular weight is 980 g/mol. The number of hydrogen-bond donors (Lipinski definition) is 6. The van der Waals surface area contributed by atoms with Crippen molar-refractivity contribution in [3.8, 4) is 0 Å². The van der Waals surface area contributed by atoms with Gasteiger partial charge in [-0.1, -0.05) is 36.4 Å². The van der Waals surface area contributed by atoms with E-state index in [0.717, 1.165) is 35.9 Å². The van der Waals surface area contributed by atoms with E-state index in [1.54, 1.807) is 50.1 Å². The number of para-hydroxylation sites is 1. The molecule has 16 nitrogen and oxygen atoms in total. The van der Waals surface area contributed by atoms with Crippen molar-refractivity contribution in [3.05, 3.63) is 124 Å². The molecular weight excluding hydrogens is 920 g/mol. The van der Waals surface area contributed by atoms with E-state index in [-0.39, 0.29) is 54.6 Å². The fraction of sp³-hybridized carbons (Fsp3) is 0.423. The molecule has 8 rings (SSSR count). The highest BCUT2D eigenvalue weighted by Crippen LogP contribution is 2.43. The van der Waals surface area contributed by atoms with E-state index in [9.17, 15) is 41.9 Å². The summed E-state index contributed by atoms with van der Waals surface area (Å²) < 4.78 is 49.1. The second-order valence-electron chi connectivity index (χ2n) is 19.1. The van der Waals surface area contributed by atoms with Crippen molar-refractivity contribution in [2.45, 2.75) is 76.2 Å². The maximum absolute atomic E-state index is 14.9. The number of carbonyl (C=O) groups excluding carboxylic acids is 6. The highest BCUT2D eigenvalue weighted by Gasteiger charge is 2.48. The molecule has 4 aromatic carbocycles. The van der Waals surface area contributed by atoms with Crippen LogP contribution in [0.2, 0.25) is 0 Å². The molecule has 4 heterocycles. The first kappa shape index (κ1) is 50.7. The standard InChI is InChI=1S/C52H60F3N9O7/c1-30-26-62(19-18-57-30)28-44(66)64-29-52(3,39-15-10-33(23-42(39)64)22-32-8-12-36(53)13-9-32)51(70)58-25-43(65)59-37-14-11-35-27-63(47(38(35)24-37)49(68)61-46-40(54)6-5-7-41(46)55)50(69)45(34-16-20-71-21-17-34)60-48(67)31(2)56-4/h5-15,23-24,30-31,34,45,47,56-57H,16-22,25-29H2,1-4H3,(H,58,70)(H,59,65)(H,60,67)(H,61,68)/t30-,31+,45?,47+,52+/m1/s1. The zero-order chi connectivity index (χ0) is 50.6. The topological polar surface area (TPSA) is 194 Å². The lowest BCUT2D eigenvalue weighted by atomic mass is 9.83. The van der Waals surface area contributed by atoms with Gasteiger partial charge in [-0.05, 0) is 123 Å². The summed E-state index contributed by atoms with van der Waals surface area (Å²) in [5, 5.41) is 17.0. The molecule has 0 aromatic heterocycles. The molecule has 0 bridgehead atoms. The molecule has 2 saturated heterocycles. The molecule has 0 aliphatic carbocycles. The molecule has 4 aliphatic rings. The van der Waals surface area contributed by atoms with Gasteiger partial charge in [0.1, 0.15) is 35.2 Å². The van der Waals surface area contributed by atoms with Gasteiger partial charge >= 0.3 is 0 Å². The number of ether oxygens (including phenoxy) is 1. The molecule has 4 aliphatic heterocycles. The minimum atomic E-state index is -1.45. The molecule has 71 heavy (non-hydrogen) atoms. The van der Waals surface area contributed by atoms with Gasteiger partial charge in [0.15, 0.2) is 0 Å². The van der Waals surface area contributed by atoms with Gasteiger partial charge in [-0.25, -0.2) is 13.2 Å². The number of nitrogens with zero attached hydrogens (tertiary/aromatic N) is 3. The van der Waals surface area contributed by atoms with Crippen molar-refractivity contribution in [1.82, 2.24) is 31.1 Å². The van der Waals surface area contributed by atoms with Crippen LogP contribution in [0.25, 0.3) is 0 Å². The molecule has 0 radical (unpaired) electrons. The highest BCUT2D eigenvalue weighted by atomic mass is 19.1. The van der Waals surface area contributed by atoms with Crippen molar-refractivity contribution in [3.63, 3.8) is 0 Å². The molecule has 2 fully saturated rings. The number of piperazine rings is 1. The summed E-state index contributed by atoms with van der Waals surface area (Å²) >= 11 is 0. The van der Waals surface area contributed by atoms with Crippen molar-refractivity contribution in [1.29, 1.82) is 0 Å². The van der Waals surface area contributed by atoms with Gasteiger partial charge in [0.25, 0.3) is 5.91 Å². The largest absolute Gasteiger partial charge is 0.381 e. The minimum Gasteiger partial charge on any atom is -0.381 e. The van der Waals surface area contributed by atoms with Crippen molar-refractivity contribution in [2.24, 2.45) is 5.92 Å². The van der Waals surface area contributed by atoms with E-state index in [4.69, 9.17) is 4.74 Å². The van der Waals surface area contributed by atoms with Gasteiger partial charge in [0.2, 0.25) is 29.5 Å². The fourth-order valence-corrected chi connectivity index (χ4v) is 9.94. The third-order valence-electron chi connectivity index (χ3n) is 14.0. The van der Waals surface area contributed by atoms with Crippen LogP contribution in [0.1, 0.15) is 67.5 Å².